The van der Waals surface area contributed by atoms with Crippen molar-refractivity contribution in [3.63, 3.8) is 0 Å². The number of hydrogen-bond acceptors (Lipinski definition) is 2. The van der Waals surface area contributed by atoms with Crippen molar-refractivity contribution >= 4 is 0 Å². The summed E-state index contributed by atoms with van der Waals surface area (Å²) >= 11 is 0. The quantitative estimate of drug-likeness (QED) is 0.693. The van der Waals surface area contributed by atoms with Crippen LogP contribution >= 0.6 is 0 Å². The van der Waals surface area contributed by atoms with E-state index in [1.165, 1.54) is 17.7 Å². The van der Waals surface area contributed by atoms with Gasteiger partial charge in [0.2, 0.25) is 0 Å². The second-order valence-electron chi connectivity index (χ2n) is 3.38. The molecule has 0 fully saturated rings. The van der Waals surface area contributed by atoms with Crippen LogP contribution in [-0.2, 0) is 13.5 Å². The number of aromatic nitrogens is 2. The zero-order valence-corrected chi connectivity index (χ0v) is 8.80. The van der Waals surface area contributed by atoms with Gasteiger partial charge in [-0.2, -0.15) is 5.10 Å². The van der Waals surface area contributed by atoms with Crippen LogP contribution in [0.15, 0.2) is 6.20 Å². The zero-order chi connectivity index (χ0) is 9.68. The van der Waals surface area contributed by atoms with Crippen molar-refractivity contribution in [2.24, 2.45) is 7.05 Å². The highest BCUT2D eigenvalue weighted by Gasteiger charge is 2.01. The SMILES string of the molecule is CCCNCCc1cnn(C)c1C. The highest BCUT2D eigenvalue weighted by molar-refractivity contribution is 5.15. The molecule has 1 aromatic heterocycles. The van der Waals surface area contributed by atoms with Gasteiger partial charge in [0.1, 0.15) is 0 Å². The summed E-state index contributed by atoms with van der Waals surface area (Å²) in [6.45, 7) is 6.46. The summed E-state index contributed by atoms with van der Waals surface area (Å²) in [5, 5.41) is 7.59. The molecule has 74 valence electrons. The van der Waals surface area contributed by atoms with Gasteiger partial charge in [0, 0.05) is 12.7 Å². The van der Waals surface area contributed by atoms with Gasteiger partial charge < -0.3 is 5.32 Å². The van der Waals surface area contributed by atoms with Gasteiger partial charge in [-0.15, -0.1) is 0 Å². The van der Waals surface area contributed by atoms with E-state index in [1.807, 2.05) is 17.9 Å². The Bertz CT molecular complexity index is 253. The lowest BCUT2D eigenvalue weighted by atomic mass is 10.2. The molecule has 0 atom stereocenters. The van der Waals surface area contributed by atoms with E-state index in [4.69, 9.17) is 0 Å². The fourth-order valence-electron chi connectivity index (χ4n) is 1.31. The van der Waals surface area contributed by atoms with E-state index in [-0.39, 0.29) is 0 Å². The molecule has 0 saturated carbocycles. The Labute approximate surface area is 80.1 Å². The van der Waals surface area contributed by atoms with Crippen LogP contribution in [0.2, 0.25) is 0 Å². The summed E-state index contributed by atoms with van der Waals surface area (Å²) in [6.07, 6.45) is 4.24. The third-order valence-corrected chi connectivity index (χ3v) is 2.33. The molecule has 0 aromatic carbocycles. The van der Waals surface area contributed by atoms with E-state index in [9.17, 15) is 0 Å². The molecule has 1 aromatic rings. The van der Waals surface area contributed by atoms with E-state index >= 15 is 0 Å². The van der Waals surface area contributed by atoms with Gasteiger partial charge in [0.05, 0.1) is 6.20 Å². The van der Waals surface area contributed by atoms with Crippen molar-refractivity contribution < 1.29 is 0 Å². The predicted molar refractivity (Wildman–Crippen MR) is 54.8 cm³/mol. The van der Waals surface area contributed by atoms with Crippen LogP contribution in [0.3, 0.4) is 0 Å². The van der Waals surface area contributed by atoms with Gasteiger partial charge >= 0.3 is 0 Å². The van der Waals surface area contributed by atoms with Crippen molar-refractivity contribution in [2.45, 2.75) is 26.7 Å². The van der Waals surface area contributed by atoms with Crippen LogP contribution in [0.1, 0.15) is 24.6 Å². The first-order valence-electron chi connectivity index (χ1n) is 4.94. The van der Waals surface area contributed by atoms with Crippen molar-refractivity contribution in [3.8, 4) is 0 Å². The van der Waals surface area contributed by atoms with Crippen LogP contribution in [-0.4, -0.2) is 22.9 Å². The Morgan fingerprint density at radius 1 is 1.46 bits per heavy atom. The molecule has 13 heavy (non-hydrogen) atoms. The molecule has 0 aliphatic carbocycles. The predicted octanol–water partition coefficient (Wildman–Crippen LogP) is 1.27. The maximum atomic E-state index is 4.20. The lowest BCUT2D eigenvalue weighted by molar-refractivity contribution is 0.668. The van der Waals surface area contributed by atoms with Crippen molar-refractivity contribution in [2.75, 3.05) is 13.1 Å². The molecule has 3 nitrogen and oxygen atoms in total. The first-order valence-corrected chi connectivity index (χ1v) is 4.94. The third-order valence-electron chi connectivity index (χ3n) is 2.33. The van der Waals surface area contributed by atoms with Crippen molar-refractivity contribution in [1.29, 1.82) is 0 Å². The van der Waals surface area contributed by atoms with Crippen LogP contribution in [0.25, 0.3) is 0 Å². The molecular weight excluding hydrogens is 162 g/mol. The molecule has 0 spiro atoms. The molecule has 3 heteroatoms. The summed E-state index contributed by atoms with van der Waals surface area (Å²) in [6, 6.07) is 0. The zero-order valence-electron chi connectivity index (χ0n) is 8.80. The number of aryl methyl sites for hydroxylation is 1. The summed E-state index contributed by atoms with van der Waals surface area (Å²) in [4.78, 5) is 0. The lowest BCUT2D eigenvalue weighted by Gasteiger charge is -2.02. The number of nitrogens with zero attached hydrogens (tertiary/aromatic N) is 2. The molecule has 1 rings (SSSR count). The van der Waals surface area contributed by atoms with Crippen molar-refractivity contribution in [1.82, 2.24) is 15.1 Å². The van der Waals surface area contributed by atoms with Gasteiger partial charge in [-0.1, -0.05) is 6.92 Å². The minimum atomic E-state index is 1.06. The topological polar surface area (TPSA) is 29.9 Å². The van der Waals surface area contributed by atoms with Gasteiger partial charge in [-0.3, -0.25) is 4.68 Å². The molecule has 1 N–H and O–H groups in total. The number of rotatable bonds is 5. The lowest BCUT2D eigenvalue weighted by Crippen LogP contribution is -2.17. The van der Waals surface area contributed by atoms with Gasteiger partial charge in [0.15, 0.2) is 0 Å². The highest BCUT2D eigenvalue weighted by Crippen LogP contribution is 2.05. The van der Waals surface area contributed by atoms with E-state index in [2.05, 4.69) is 24.3 Å². The summed E-state index contributed by atoms with van der Waals surface area (Å²) in [5.74, 6) is 0. The molecule has 1 heterocycles. The number of nitrogens with one attached hydrogen (secondary N) is 1. The Balaban J connectivity index is 2.32. The average molecular weight is 181 g/mol. The van der Waals surface area contributed by atoms with Gasteiger partial charge in [-0.05, 0) is 38.4 Å². The molecule has 0 saturated heterocycles. The van der Waals surface area contributed by atoms with Crippen LogP contribution in [0.5, 0.6) is 0 Å². The Morgan fingerprint density at radius 2 is 2.23 bits per heavy atom. The van der Waals surface area contributed by atoms with Crippen LogP contribution in [0, 0.1) is 6.92 Å². The van der Waals surface area contributed by atoms with Gasteiger partial charge in [0.25, 0.3) is 0 Å². The molecule has 0 unspecified atom stereocenters. The maximum Gasteiger partial charge on any atom is 0.0524 e. The monoisotopic (exact) mass is 181 g/mol. The van der Waals surface area contributed by atoms with Crippen LogP contribution in [0.4, 0.5) is 0 Å². The Kier molecular flexibility index (Phi) is 3.96. The first-order chi connectivity index (χ1) is 6.25. The minimum Gasteiger partial charge on any atom is -0.316 e. The summed E-state index contributed by atoms with van der Waals surface area (Å²) < 4.78 is 1.93. The second-order valence-corrected chi connectivity index (χ2v) is 3.38. The summed E-state index contributed by atoms with van der Waals surface area (Å²) in [7, 11) is 1.98. The Morgan fingerprint density at radius 3 is 2.77 bits per heavy atom. The van der Waals surface area contributed by atoms with Crippen LogP contribution < -0.4 is 5.32 Å². The maximum absolute atomic E-state index is 4.20. The molecule has 0 aliphatic rings. The summed E-state index contributed by atoms with van der Waals surface area (Å²) in [5.41, 5.74) is 2.63. The van der Waals surface area contributed by atoms with E-state index in [1.54, 1.807) is 0 Å². The molecule has 0 bridgehead atoms. The normalized spacial score (nSPS) is 10.7. The van der Waals surface area contributed by atoms with E-state index in [0.717, 1.165) is 19.5 Å². The highest BCUT2D eigenvalue weighted by atomic mass is 15.3. The molecule has 0 amide bonds. The number of hydrogen-bond donors (Lipinski definition) is 1. The Hall–Kier alpha value is -0.830. The standard InChI is InChI=1S/C10H19N3/c1-4-6-11-7-5-10-8-12-13(3)9(10)2/h8,11H,4-7H2,1-3H3. The largest absolute Gasteiger partial charge is 0.316 e. The van der Waals surface area contributed by atoms with Crippen molar-refractivity contribution in [3.05, 3.63) is 17.5 Å². The smallest absolute Gasteiger partial charge is 0.0524 e. The first kappa shape index (κ1) is 10.3. The minimum absolute atomic E-state index is 1.06. The fourth-order valence-corrected chi connectivity index (χ4v) is 1.31. The molecular formula is C10H19N3. The fraction of sp³-hybridized carbons (Fsp3) is 0.700. The van der Waals surface area contributed by atoms with E-state index < -0.39 is 0 Å². The molecule has 0 radical (unpaired) electrons. The van der Waals surface area contributed by atoms with Gasteiger partial charge in [-0.25, -0.2) is 0 Å². The third kappa shape index (κ3) is 2.84. The second kappa shape index (κ2) is 5.02. The average Bonchev–Trinajstić information content (AvgIpc) is 2.43. The van der Waals surface area contributed by atoms with E-state index in [0.29, 0.717) is 0 Å². The molecule has 0 aliphatic heterocycles.